The Labute approximate surface area is 128 Å². The molecule has 2 rings (SSSR count). The molecule has 0 aliphatic rings. The lowest BCUT2D eigenvalue weighted by Gasteiger charge is -2.17. The first kappa shape index (κ1) is 15.5. The van der Waals surface area contributed by atoms with Gasteiger partial charge in [0, 0.05) is 12.8 Å². The van der Waals surface area contributed by atoms with Gasteiger partial charge in [-0.25, -0.2) is 0 Å². The Hall–Kier alpha value is -1.89. The van der Waals surface area contributed by atoms with Crippen LogP contribution < -0.4 is 0 Å². The highest BCUT2D eigenvalue weighted by atomic mass is 16.1. The van der Waals surface area contributed by atoms with Gasteiger partial charge in [0.1, 0.15) is 5.78 Å². The molecule has 2 aromatic rings. The zero-order valence-corrected chi connectivity index (χ0v) is 12.8. The van der Waals surface area contributed by atoms with Gasteiger partial charge < -0.3 is 0 Å². The molecule has 1 nitrogen and oxygen atoms in total. The van der Waals surface area contributed by atoms with E-state index < -0.39 is 0 Å². The summed E-state index contributed by atoms with van der Waals surface area (Å²) in [5, 5.41) is 0. The van der Waals surface area contributed by atoms with Crippen molar-refractivity contribution in [1.82, 2.24) is 0 Å². The predicted octanol–water partition coefficient (Wildman–Crippen LogP) is 5.16. The third-order valence-electron chi connectivity index (χ3n) is 3.88. The lowest BCUT2D eigenvalue weighted by Crippen LogP contribution is -2.10. The number of carbonyl (C=O) groups excluding carboxylic acids is 1. The van der Waals surface area contributed by atoms with E-state index in [1.807, 2.05) is 12.1 Å². The van der Waals surface area contributed by atoms with Crippen molar-refractivity contribution in [3.63, 3.8) is 0 Å². The van der Waals surface area contributed by atoms with Gasteiger partial charge in [-0.2, -0.15) is 0 Å². The molecule has 0 saturated heterocycles. The highest BCUT2D eigenvalue weighted by Crippen LogP contribution is 2.25. The molecule has 1 atom stereocenters. The lowest BCUT2D eigenvalue weighted by molar-refractivity contribution is -0.119. The smallest absolute Gasteiger partial charge is 0.133 e. The summed E-state index contributed by atoms with van der Waals surface area (Å²) < 4.78 is 0. The fourth-order valence-corrected chi connectivity index (χ4v) is 2.68. The molecule has 0 saturated carbocycles. The van der Waals surface area contributed by atoms with Crippen LogP contribution in [0.1, 0.15) is 49.7 Å². The summed E-state index contributed by atoms with van der Waals surface area (Å²) in [6.07, 6.45) is 4.39. The highest BCUT2D eigenvalue weighted by molar-refractivity contribution is 5.79. The molecular weight excluding hydrogens is 256 g/mol. The van der Waals surface area contributed by atoms with Gasteiger partial charge in [-0.05, 0) is 29.9 Å². The molecule has 0 radical (unpaired) electrons. The monoisotopic (exact) mass is 280 g/mol. The van der Waals surface area contributed by atoms with Crippen LogP contribution in [0.3, 0.4) is 0 Å². The van der Waals surface area contributed by atoms with Crippen molar-refractivity contribution in [3.8, 4) is 0 Å². The topological polar surface area (TPSA) is 17.1 Å². The number of hydrogen-bond acceptors (Lipinski definition) is 1. The molecule has 2 aromatic carbocycles. The van der Waals surface area contributed by atoms with Gasteiger partial charge >= 0.3 is 0 Å². The summed E-state index contributed by atoms with van der Waals surface area (Å²) in [5.74, 6) is 0.680. The summed E-state index contributed by atoms with van der Waals surface area (Å²) in [7, 11) is 0. The molecule has 0 heterocycles. The van der Waals surface area contributed by atoms with Crippen LogP contribution in [0.25, 0.3) is 0 Å². The van der Waals surface area contributed by atoms with Crippen LogP contribution in [-0.2, 0) is 11.2 Å². The highest BCUT2D eigenvalue weighted by Gasteiger charge is 2.16. The number of hydrogen-bond donors (Lipinski definition) is 0. The summed E-state index contributed by atoms with van der Waals surface area (Å²) in [6, 6.07) is 20.9. The van der Waals surface area contributed by atoms with E-state index in [0.29, 0.717) is 18.6 Å². The minimum absolute atomic E-state index is 0.290. The zero-order chi connectivity index (χ0) is 14.9. The van der Waals surface area contributed by atoms with E-state index in [1.54, 1.807) is 0 Å². The van der Waals surface area contributed by atoms with E-state index in [2.05, 4.69) is 55.5 Å². The van der Waals surface area contributed by atoms with Crippen molar-refractivity contribution in [3.05, 3.63) is 71.8 Å². The number of benzene rings is 2. The van der Waals surface area contributed by atoms with E-state index in [0.717, 1.165) is 19.3 Å². The standard InChI is InChI=1S/C20H24O/c1-2-3-14-20(21)16-19(18-12-8-5-9-13-18)15-17-10-6-4-7-11-17/h4-13,19H,2-3,14-16H2,1H3. The Balaban J connectivity index is 2.09. The van der Waals surface area contributed by atoms with Crippen LogP contribution in [0.4, 0.5) is 0 Å². The van der Waals surface area contributed by atoms with E-state index in [4.69, 9.17) is 0 Å². The molecule has 0 spiro atoms. The van der Waals surface area contributed by atoms with Gasteiger partial charge in [-0.3, -0.25) is 4.79 Å². The van der Waals surface area contributed by atoms with E-state index >= 15 is 0 Å². The second-order valence-electron chi connectivity index (χ2n) is 5.64. The fraction of sp³-hybridized carbons (Fsp3) is 0.350. The Kier molecular flexibility index (Phi) is 6.21. The molecule has 1 heteroatoms. The largest absolute Gasteiger partial charge is 0.300 e. The van der Waals surface area contributed by atoms with Crippen molar-refractivity contribution in [2.75, 3.05) is 0 Å². The van der Waals surface area contributed by atoms with Gasteiger partial charge in [0.05, 0.1) is 0 Å². The van der Waals surface area contributed by atoms with Crippen LogP contribution in [0.15, 0.2) is 60.7 Å². The molecule has 0 aliphatic heterocycles. The molecule has 110 valence electrons. The van der Waals surface area contributed by atoms with Crippen molar-refractivity contribution in [2.45, 2.75) is 44.9 Å². The third kappa shape index (κ3) is 5.18. The SMILES string of the molecule is CCCCC(=O)CC(Cc1ccccc1)c1ccccc1. The Morgan fingerprint density at radius 2 is 1.57 bits per heavy atom. The molecule has 0 fully saturated rings. The molecule has 0 aromatic heterocycles. The van der Waals surface area contributed by atoms with Crippen LogP contribution in [0.2, 0.25) is 0 Å². The number of rotatable bonds is 8. The van der Waals surface area contributed by atoms with Crippen molar-refractivity contribution in [2.24, 2.45) is 0 Å². The van der Waals surface area contributed by atoms with E-state index in [9.17, 15) is 4.79 Å². The first-order valence-corrected chi connectivity index (χ1v) is 7.90. The molecule has 1 unspecified atom stereocenters. The van der Waals surface area contributed by atoms with Crippen LogP contribution in [-0.4, -0.2) is 5.78 Å². The normalized spacial score (nSPS) is 12.0. The molecule has 0 bridgehead atoms. The summed E-state index contributed by atoms with van der Waals surface area (Å²) >= 11 is 0. The number of carbonyl (C=O) groups is 1. The minimum atomic E-state index is 0.290. The van der Waals surface area contributed by atoms with E-state index in [1.165, 1.54) is 11.1 Å². The maximum absolute atomic E-state index is 12.2. The first-order chi connectivity index (χ1) is 10.3. The Bertz CT molecular complexity index is 530. The average Bonchev–Trinajstić information content (AvgIpc) is 2.54. The molecular formula is C20H24O. The van der Waals surface area contributed by atoms with Crippen molar-refractivity contribution in [1.29, 1.82) is 0 Å². The number of Topliss-reactive ketones (excluding diaryl/α,β-unsaturated/α-hetero) is 1. The van der Waals surface area contributed by atoms with Gasteiger partial charge in [0.15, 0.2) is 0 Å². The summed E-state index contributed by atoms with van der Waals surface area (Å²) in [6.45, 7) is 2.13. The molecule has 0 amide bonds. The lowest BCUT2D eigenvalue weighted by atomic mass is 9.87. The molecule has 21 heavy (non-hydrogen) atoms. The van der Waals surface area contributed by atoms with Crippen LogP contribution in [0, 0.1) is 0 Å². The van der Waals surface area contributed by atoms with Crippen LogP contribution >= 0.6 is 0 Å². The van der Waals surface area contributed by atoms with Gasteiger partial charge in [-0.1, -0.05) is 74.0 Å². The number of unbranched alkanes of at least 4 members (excludes halogenated alkanes) is 1. The second kappa shape index (κ2) is 8.41. The third-order valence-corrected chi connectivity index (χ3v) is 3.88. The molecule has 0 N–H and O–H groups in total. The van der Waals surface area contributed by atoms with Crippen LogP contribution in [0.5, 0.6) is 0 Å². The summed E-state index contributed by atoms with van der Waals surface area (Å²) in [4.78, 5) is 12.2. The van der Waals surface area contributed by atoms with Crippen molar-refractivity contribution >= 4 is 5.78 Å². The second-order valence-corrected chi connectivity index (χ2v) is 5.64. The van der Waals surface area contributed by atoms with Crippen molar-refractivity contribution < 1.29 is 4.79 Å². The zero-order valence-electron chi connectivity index (χ0n) is 12.8. The summed E-state index contributed by atoms with van der Waals surface area (Å²) in [5.41, 5.74) is 2.57. The Morgan fingerprint density at radius 1 is 0.952 bits per heavy atom. The maximum Gasteiger partial charge on any atom is 0.133 e. The fourth-order valence-electron chi connectivity index (χ4n) is 2.68. The van der Waals surface area contributed by atoms with Gasteiger partial charge in [0.2, 0.25) is 0 Å². The first-order valence-electron chi connectivity index (χ1n) is 7.90. The van der Waals surface area contributed by atoms with E-state index in [-0.39, 0.29) is 5.92 Å². The maximum atomic E-state index is 12.2. The molecule has 0 aliphatic carbocycles. The predicted molar refractivity (Wildman–Crippen MR) is 88.5 cm³/mol. The van der Waals surface area contributed by atoms with Gasteiger partial charge in [-0.15, -0.1) is 0 Å². The number of ketones is 1. The average molecular weight is 280 g/mol. The Morgan fingerprint density at radius 3 is 2.19 bits per heavy atom. The van der Waals surface area contributed by atoms with Gasteiger partial charge in [0.25, 0.3) is 0 Å². The quantitative estimate of drug-likeness (QED) is 0.652. The minimum Gasteiger partial charge on any atom is -0.300 e.